The van der Waals surface area contributed by atoms with E-state index in [4.69, 9.17) is 10.5 Å². The zero-order valence-electron chi connectivity index (χ0n) is 13.7. The maximum Gasteiger partial charge on any atom is 0.344 e. The second-order valence-electron chi connectivity index (χ2n) is 6.36. The van der Waals surface area contributed by atoms with Crippen molar-refractivity contribution in [2.75, 3.05) is 24.4 Å². The minimum atomic E-state index is -3.77. The van der Waals surface area contributed by atoms with E-state index in [-0.39, 0.29) is 11.3 Å². The number of amidine groups is 1. The fourth-order valence-electron chi connectivity index (χ4n) is 2.27. The lowest BCUT2D eigenvalue weighted by Gasteiger charge is -2.26. The van der Waals surface area contributed by atoms with E-state index in [0.29, 0.717) is 23.6 Å². The Morgan fingerprint density at radius 2 is 2.13 bits per heavy atom. The van der Waals surface area contributed by atoms with Crippen LogP contribution in [0.5, 0.6) is 5.75 Å². The molecule has 7 nitrogen and oxygen atoms in total. The highest BCUT2D eigenvalue weighted by molar-refractivity contribution is 7.91. The van der Waals surface area contributed by atoms with Crippen LogP contribution in [0.15, 0.2) is 22.6 Å². The lowest BCUT2D eigenvalue weighted by Crippen LogP contribution is -2.35. The number of ether oxygens (including phenoxy) is 1. The maximum atomic E-state index is 11.6. The molecule has 23 heavy (non-hydrogen) atoms. The van der Waals surface area contributed by atoms with Gasteiger partial charge >= 0.3 is 10.2 Å². The molecule has 0 atom stereocenters. The Morgan fingerprint density at radius 3 is 2.83 bits per heavy atom. The molecule has 1 aliphatic rings. The van der Waals surface area contributed by atoms with Gasteiger partial charge in [0.25, 0.3) is 0 Å². The highest BCUT2D eigenvalue weighted by Crippen LogP contribution is 2.31. The van der Waals surface area contributed by atoms with E-state index >= 15 is 0 Å². The van der Waals surface area contributed by atoms with E-state index < -0.39 is 10.2 Å². The van der Waals surface area contributed by atoms with E-state index in [2.05, 4.69) is 35.2 Å². The standard InChI is InChI=1S/C15H24N4O3S/c1-4-8-17-9-15(2,3)10-22-12-7-5-6-11-13(12)14(16)19-23(20,21)18-11/h5-7,17-18H,4,8-10H2,1-3H3,(H2,16,19). The quantitative estimate of drug-likeness (QED) is 0.652. The molecule has 128 valence electrons. The Morgan fingerprint density at radius 1 is 1.39 bits per heavy atom. The summed E-state index contributed by atoms with van der Waals surface area (Å²) < 4.78 is 34.9. The molecule has 0 saturated carbocycles. The number of anilines is 1. The molecule has 8 heteroatoms. The van der Waals surface area contributed by atoms with Crippen LogP contribution in [0.4, 0.5) is 5.69 Å². The van der Waals surface area contributed by atoms with Gasteiger partial charge in [-0.25, -0.2) is 0 Å². The highest BCUT2D eigenvalue weighted by atomic mass is 32.2. The second-order valence-corrected chi connectivity index (χ2v) is 7.70. The second kappa shape index (κ2) is 6.76. The van der Waals surface area contributed by atoms with Gasteiger partial charge in [-0.1, -0.05) is 26.8 Å². The van der Waals surface area contributed by atoms with E-state index in [1.165, 1.54) is 0 Å². The first kappa shape index (κ1) is 17.6. The van der Waals surface area contributed by atoms with Crippen molar-refractivity contribution in [1.29, 1.82) is 0 Å². The third-order valence-electron chi connectivity index (χ3n) is 3.39. The number of nitrogens with zero attached hydrogens (tertiary/aromatic N) is 1. The molecule has 0 amide bonds. The zero-order valence-corrected chi connectivity index (χ0v) is 14.5. The topological polar surface area (TPSA) is 106 Å². The molecule has 0 aromatic heterocycles. The molecule has 0 saturated heterocycles. The van der Waals surface area contributed by atoms with Gasteiger partial charge in [0.1, 0.15) is 5.75 Å². The SMILES string of the molecule is CCCNCC(C)(C)COc1cccc2c1C(N)=NS(=O)(=O)N2. The molecule has 1 aliphatic heterocycles. The number of hydrogen-bond acceptors (Lipinski definition) is 5. The molecule has 0 fully saturated rings. The van der Waals surface area contributed by atoms with Crippen LogP contribution in [-0.2, 0) is 10.2 Å². The normalized spacial score (nSPS) is 16.2. The third-order valence-corrected chi connectivity index (χ3v) is 4.30. The van der Waals surface area contributed by atoms with Crippen molar-refractivity contribution >= 4 is 21.7 Å². The summed E-state index contributed by atoms with van der Waals surface area (Å²) in [5, 5.41) is 3.37. The zero-order chi connectivity index (χ0) is 17.1. The Bertz CT molecular complexity index is 699. The van der Waals surface area contributed by atoms with Gasteiger partial charge in [0.15, 0.2) is 5.84 Å². The minimum Gasteiger partial charge on any atom is -0.492 e. The van der Waals surface area contributed by atoms with Crippen LogP contribution >= 0.6 is 0 Å². The third kappa shape index (κ3) is 4.59. The summed E-state index contributed by atoms with van der Waals surface area (Å²) in [6.07, 6.45) is 1.08. The van der Waals surface area contributed by atoms with Crippen LogP contribution in [0.25, 0.3) is 0 Å². The monoisotopic (exact) mass is 340 g/mol. The van der Waals surface area contributed by atoms with Crippen molar-refractivity contribution in [3.63, 3.8) is 0 Å². The summed E-state index contributed by atoms with van der Waals surface area (Å²) in [6.45, 7) is 8.59. The molecule has 1 aromatic carbocycles. The summed E-state index contributed by atoms with van der Waals surface area (Å²) in [5.74, 6) is 0.464. The largest absolute Gasteiger partial charge is 0.492 e. The molecule has 1 heterocycles. The Hall–Kier alpha value is -1.80. The molecule has 0 bridgehead atoms. The smallest absolute Gasteiger partial charge is 0.344 e. The van der Waals surface area contributed by atoms with Crippen LogP contribution in [0.3, 0.4) is 0 Å². The summed E-state index contributed by atoms with van der Waals surface area (Å²) in [4.78, 5) is 0. The molecular formula is C15H24N4O3S. The van der Waals surface area contributed by atoms with Crippen LogP contribution in [0.1, 0.15) is 32.8 Å². The van der Waals surface area contributed by atoms with Crippen molar-refractivity contribution in [1.82, 2.24) is 5.32 Å². The van der Waals surface area contributed by atoms with Crippen LogP contribution in [0.2, 0.25) is 0 Å². The summed E-state index contributed by atoms with van der Waals surface area (Å²) in [6, 6.07) is 5.11. The molecule has 4 N–H and O–H groups in total. The van der Waals surface area contributed by atoms with Crippen molar-refractivity contribution in [3.8, 4) is 5.75 Å². The summed E-state index contributed by atoms with van der Waals surface area (Å²) in [7, 11) is -3.77. The predicted molar refractivity (Wildman–Crippen MR) is 92.1 cm³/mol. The number of nitrogens with two attached hydrogens (primary N) is 1. The molecule has 0 radical (unpaired) electrons. The first-order chi connectivity index (χ1) is 10.7. The number of rotatable bonds is 7. The van der Waals surface area contributed by atoms with Crippen LogP contribution < -0.4 is 20.5 Å². The van der Waals surface area contributed by atoms with E-state index in [0.717, 1.165) is 19.5 Å². The Kier molecular flexibility index (Phi) is 5.16. The van der Waals surface area contributed by atoms with E-state index in [1.54, 1.807) is 18.2 Å². The number of fused-ring (bicyclic) bond motifs is 1. The van der Waals surface area contributed by atoms with Gasteiger partial charge in [-0.05, 0) is 25.1 Å². The van der Waals surface area contributed by atoms with Crippen molar-refractivity contribution in [2.24, 2.45) is 15.5 Å². The van der Waals surface area contributed by atoms with Gasteiger partial charge < -0.3 is 15.8 Å². The first-order valence-electron chi connectivity index (χ1n) is 7.59. The van der Waals surface area contributed by atoms with Gasteiger partial charge in [-0.3, -0.25) is 4.72 Å². The lowest BCUT2D eigenvalue weighted by atomic mass is 9.94. The first-order valence-corrected chi connectivity index (χ1v) is 9.03. The van der Waals surface area contributed by atoms with Crippen molar-refractivity contribution < 1.29 is 13.2 Å². The molecule has 1 aromatic rings. The number of hydrogen-bond donors (Lipinski definition) is 3. The van der Waals surface area contributed by atoms with Crippen molar-refractivity contribution in [2.45, 2.75) is 27.2 Å². The predicted octanol–water partition coefficient (Wildman–Crippen LogP) is 1.47. The van der Waals surface area contributed by atoms with Crippen LogP contribution in [0, 0.1) is 5.41 Å². The number of nitrogens with one attached hydrogen (secondary N) is 2. The lowest BCUT2D eigenvalue weighted by molar-refractivity contribution is 0.176. The number of benzene rings is 1. The van der Waals surface area contributed by atoms with E-state index in [1.807, 2.05) is 0 Å². The average Bonchev–Trinajstić information content (AvgIpc) is 2.43. The van der Waals surface area contributed by atoms with Crippen LogP contribution in [-0.4, -0.2) is 33.9 Å². The molecule has 0 unspecified atom stereocenters. The Balaban J connectivity index is 2.14. The van der Waals surface area contributed by atoms with Crippen molar-refractivity contribution in [3.05, 3.63) is 23.8 Å². The fourth-order valence-corrected chi connectivity index (χ4v) is 3.11. The minimum absolute atomic E-state index is 0.0590. The molecule has 0 aliphatic carbocycles. The fraction of sp³-hybridized carbons (Fsp3) is 0.533. The van der Waals surface area contributed by atoms with E-state index in [9.17, 15) is 8.42 Å². The average molecular weight is 340 g/mol. The summed E-state index contributed by atoms with van der Waals surface area (Å²) >= 11 is 0. The highest BCUT2D eigenvalue weighted by Gasteiger charge is 2.25. The van der Waals surface area contributed by atoms with Gasteiger partial charge in [0, 0.05) is 12.0 Å². The maximum absolute atomic E-state index is 11.6. The molecule has 0 spiro atoms. The van der Waals surface area contributed by atoms with Gasteiger partial charge in [-0.15, -0.1) is 4.40 Å². The Labute approximate surface area is 137 Å². The molecular weight excluding hydrogens is 316 g/mol. The van der Waals surface area contributed by atoms with Gasteiger partial charge in [0.2, 0.25) is 0 Å². The van der Waals surface area contributed by atoms with Gasteiger partial charge in [-0.2, -0.15) is 8.42 Å². The summed E-state index contributed by atoms with van der Waals surface area (Å²) in [5.41, 5.74) is 6.60. The molecule has 2 rings (SSSR count). The van der Waals surface area contributed by atoms with Gasteiger partial charge in [0.05, 0.1) is 17.9 Å².